The second-order valence-electron chi connectivity index (χ2n) is 15.6. The molecular weight excluding hydrogens is 727 g/mol. The molecule has 0 unspecified atom stereocenters. The van der Waals surface area contributed by atoms with Crippen molar-refractivity contribution in [3.05, 3.63) is 224 Å². The van der Waals surface area contributed by atoms with Crippen LogP contribution in [0.2, 0.25) is 0 Å². The van der Waals surface area contributed by atoms with Gasteiger partial charge in [0.05, 0.1) is 0 Å². The average molecular weight is 764 g/mol. The largest absolute Gasteiger partial charge is 0.456 e. The van der Waals surface area contributed by atoms with E-state index in [1.807, 2.05) is 12.1 Å². The van der Waals surface area contributed by atoms with E-state index in [9.17, 15) is 0 Å². The zero-order valence-electron chi connectivity index (χ0n) is 32.7. The molecule has 12 aromatic rings. The van der Waals surface area contributed by atoms with Gasteiger partial charge in [-0.25, -0.2) is 0 Å². The highest BCUT2D eigenvalue weighted by molar-refractivity contribution is 6.22. The summed E-state index contributed by atoms with van der Waals surface area (Å²) >= 11 is 0. The van der Waals surface area contributed by atoms with Gasteiger partial charge in [-0.1, -0.05) is 170 Å². The number of nitrogens with zero attached hydrogens (tertiary/aromatic N) is 1. The zero-order chi connectivity index (χ0) is 39.6. The van der Waals surface area contributed by atoms with E-state index in [-0.39, 0.29) is 0 Å². The Bertz CT molecular complexity index is 3590. The van der Waals surface area contributed by atoms with Crippen molar-refractivity contribution in [2.75, 3.05) is 4.90 Å². The lowest BCUT2D eigenvalue weighted by molar-refractivity contribution is 0.669. The lowest BCUT2D eigenvalue weighted by Gasteiger charge is -2.27. The number of rotatable bonds is 6. The Kier molecular flexibility index (Phi) is 7.89. The van der Waals surface area contributed by atoms with Crippen LogP contribution in [0.4, 0.5) is 17.1 Å². The molecule has 0 amide bonds. The molecule has 1 aromatic heterocycles. The van der Waals surface area contributed by atoms with E-state index >= 15 is 0 Å². The minimum atomic E-state index is 0.863. The van der Waals surface area contributed by atoms with Crippen molar-refractivity contribution < 1.29 is 4.42 Å². The molecule has 0 aliphatic heterocycles. The van der Waals surface area contributed by atoms with Gasteiger partial charge < -0.3 is 9.32 Å². The molecule has 0 aliphatic carbocycles. The van der Waals surface area contributed by atoms with Crippen molar-refractivity contribution in [2.24, 2.45) is 0 Å². The number of furan rings is 1. The maximum atomic E-state index is 6.49. The van der Waals surface area contributed by atoms with Gasteiger partial charge in [0.2, 0.25) is 0 Å². The second kappa shape index (κ2) is 13.9. The van der Waals surface area contributed by atoms with E-state index in [0.29, 0.717) is 0 Å². The lowest BCUT2D eigenvalue weighted by atomic mass is 9.85. The first-order chi connectivity index (χ1) is 29.7. The third kappa shape index (κ3) is 5.57. The van der Waals surface area contributed by atoms with E-state index in [0.717, 1.165) is 39.0 Å². The Morgan fingerprint density at radius 2 is 0.750 bits per heavy atom. The first-order valence-corrected chi connectivity index (χ1v) is 20.6. The summed E-state index contributed by atoms with van der Waals surface area (Å²) in [6.07, 6.45) is 0. The van der Waals surface area contributed by atoms with Crippen molar-refractivity contribution in [1.29, 1.82) is 0 Å². The quantitative estimate of drug-likeness (QED) is 0.157. The maximum Gasteiger partial charge on any atom is 0.137 e. The molecule has 0 bridgehead atoms. The molecule has 280 valence electrons. The highest BCUT2D eigenvalue weighted by Crippen LogP contribution is 2.47. The summed E-state index contributed by atoms with van der Waals surface area (Å²) in [5, 5.41) is 12.2. The minimum Gasteiger partial charge on any atom is -0.456 e. The fourth-order valence-electron chi connectivity index (χ4n) is 9.42. The number of benzene rings is 11. The van der Waals surface area contributed by atoms with E-state index in [2.05, 4.69) is 217 Å². The van der Waals surface area contributed by atoms with E-state index in [1.165, 1.54) is 76.5 Å². The van der Waals surface area contributed by atoms with Crippen LogP contribution in [0.1, 0.15) is 0 Å². The smallest absolute Gasteiger partial charge is 0.137 e. The standard InChI is InChI=1S/C58H37NO/c1-3-14-40(15-4-1)57-53-21-10-9-19-49(53)50-33-30-45(36-54(50)58(57)41-16-5-2-6-17-41)59(46-31-34-52-51-20-11-12-22-55(51)60-56(52)37-46)44-28-25-38(26-29-44)42-27-32-48-43(35-42)24-23-39-13-7-8-18-47(39)48/h1-37H. The molecule has 0 atom stereocenters. The van der Waals surface area contributed by atoms with Gasteiger partial charge in [-0.15, -0.1) is 0 Å². The molecule has 0 aliphatic rings. The van der Waals surface area contributed by atoms with Crippen molar-refractivity contribution >= 4 is 82.1 Å². The van der Waals surface area contributed by atoms with Crippen LogP contribution in [0.25, 0.3) is 98.4 Å². The van der Waals surface area contributed by atoms with Crippen LogP contribution in [0.5, 0.6) is 0 Å². The molecule has 1 heterocycles. The fraction of sp³-hybridized carbons (Fsp3) is 0. The monoisotopic (exact) mass is 763 g/mol. The summed E-state index contributed by atoms with van der Waals surface area (Å²) in [7, 11) is 0. The van der Waals surface area contributed by atoms with E-state index < -0.39 is 0 Å². The van der Waals surface area contributed by atoms with Gasteiger partial charge in [-0.2, -0.15) is 0 Å². The molecular formula is C58H37NO. The van der Waals surface area contributed by atoms with Crippen LogP contribution in [-0.4, -0.2) is 0 Å². The predicted molar refractivity (Wildman–Crippen MR) is 255 cm³/mol. The molecule has 11 aromatic carbocycles. The normalized spacial score (nSPS) is 11.7. The predicted octanol–water partition coefficient (Wildman–Crippen LogP) is 16.7. The van der Waals surface area contributed by atoms with E-state index in [4.69, 9.17) is 4.42 Å². The zero-order valence-corrected chi connectivity index (χ0v) is 32.7. The van der Waals surface area contributed by atoms with Crippen molar-refractivity contribution in [3.63, 3.8) is 0 Å². The summed E-state index contributed by atoms with van der Waals surface area (Å²) in [5.41, 5.74) is 12.1. The summed E-state index contributed by atoms with van der Waals surface area (Å²) in [6.45, 7) is 0. The molecule has 0 spiro atoms. The summed E-state index contributed by atoms with van der Waals surface area (Å²) < 4.78 is 6.49. The third-order valence-electron chi connectivity index (χ3n) is 12.2. The average Bonchev–Trinajstić information content (AvgIpc) is 3.70. The summed E-state index contributed by atoms with van der Waals surface area (Å²) in [6, 6.07) is 81.3. The molecule has 2 heteroatoms. The van der Waals surface area contributed by atoms with Gasteiger partial charge in [0.25, 0.3) is 0 Å². The lowest BCUT2D eigenvalue weighted by Crippen LogP contribution is -2.10. The Hall–Kier alpha value is -7.94. The Morgan fingerprint density at radius 3 is 1.52 bits per heavy atom. The van der Waals surface area contributed by atoms with Gasteiger partial charge in [0, 0.05) is 33.9 Å². The van der Waals surface area contributed by atoms with Crippen LogP contribution in [0.15, 0.2) is 229 Å². The van der Waals surface area contributed by atoms with Gasteiger partial charge in [-0.3, -0.25) is 0 Å². The molecule has 0 N–H and O–H groups in total. The molecule has 0 fully saturated rings. The number of anilines is 3. The Morgan fingerprint density at radius 1 is 0.250 bits per heavy atom. The van der Waals surface area contributed by atoms with Crippen molar-refractivity contribution in [2.45, 2.75) is 0 Å². The summed E-state index contributed by atoms with van der Waals surface area (Å²) in [5.74, 6) is 0. The van der Waals surface area contributed by atoms with Gasteiger partial charge in [0.15, 0.2) is 0 Å². The molecule has 60 heavy (non-hydrogen) atoms. The fourth-order valence-corrected chi connectivity index (χ4v) is 9.42. The topological polar surface area (TPSA) is 16.4 Å². The van der Waals surface area contributed by atoms with Gasteiger partial charge >= 0.3 is 0 Å². The molecule has 0 saturated carbocycles. The second-order valence-corrected chi connectivity index (χ2v) is 15.6. The highest BCUT2D eigenvalue weighted by atomic mass is 16.3. The van der Waals surface area contributed by atoms with Crippen LogP contribution in [0.3, 0.4) is 0 Å². The SMILES string of the molecule is c1ccc(-c2c(-c3ccccc3)c3cc(N(c4ccc(-c5ccc6c(ccc7ccccc76)c5)cc4)c4ccc5c(c4)oc4ccccc45)ccc3c3ccccc23)cc1. The first kappa shape index (κ1) is 34.1. The highest BCUT2D eigenvalue weighted by Gasteiger charge is 2.21. The van der Waals surface area contributed by atoms with Gasteiger partial charge in [0.1, 0.15) is 11.2 Å². The van der Waals surface area contributed by atoms with Crippen LogP contribution < -0.4 is 4.90 Å². The molecule has 0 saturated heterocycles. The van der Waals surface area contributed by atoms with Crippen LogP contribution in [0, 0.1) is 0 Å². The van der Waals surface area contributed by atoms with Crippen LogP contribution in [-0.2, 0) is 0 Å². The van der Waals surface area contributed by atoms with Crippen LogP contribution >= 0.6 is 0 Å². The number of fused-ring (bicyclic) bond motifs is 9. The molecule has 12 rings (SSSR count). The van der Waals surface area contributed by atoms with Gasteiger partial charge in [-0.05, 0) is 125 Å². The Labute approximate surface area is 347 Å². The van der Waals surface area contributed by atoms with E-state index in [1.54, 1.807) is 0 Å². The number of hydrogen-bond acceptors (Lipinski definition) is 2. The minimum absolute atomic E-state index is 0.863. The summed E-state index contributed by atoms with van der Waals surface area (Å²) in [4.78, 5) is 2.37. The first-order valence-electron chi connectivity index (χ1n) is 20.6. The molecule has 2 nitrogen and oxygen atoms in total. The van der Waals surface area contributed by atoms with Crippen molar-refractivity contribution in [1.82, 2.24) is 0 Å². The Balaban J connectivity index is 1.07. The molecule has 0 radical (unpaired) electrons. The third-order valence-corrected chi connectivity index (χ3v) is 12.2. The maximum absolute atomic E-state index is 6.49. The van der Waals surface area contributed by atoms with Crippen molar-refractivity contribution in [3.8, 4) is 33.4 Å². The number of hydrogen-bond donors (Lipinski definition) is 0. The number of para-hydroxylation sites is 1.